The molecule has 5 nitrogen and oxygen atoms in total. The van der Waals surface area contributed by atoms with Crippen molar-refractivity contribution in [3.05, 3.63) is 53.4 Å². The lowest BCUT2D eigenvalue weighted by atomic mass is 10.2. The molecule has 0 atom stereocenters. The summed E-state index contributed by atoms with van der Waals surface area (Å²) in [6.07, 6.45) is 4.46. The molecular weight excluding hydrogens is 256 g/mol. The first-order valence-electron chi connectivity index (χ1n) is 6.42. The van der Waals surface area contributed by atoms with Gasteiger partial charge in [-0.05, 0) is 29.7 Å². The average molecular weight is 274 g/mol. The molecule has 1 aromatic rings. The zero-order valence-electron chi connectivity index (χ0n) is 11.5. The molecule has 0 saturated carbocycles. The number of nitrogens with zero attached hydrogens (tertiary/aromatic N) is 1. The summed E-state index contributed by atoms with van der Waals surface area (Å²) >= 11 is 0. The first kappa shape index (κ1) is 14.3. The van der Waals surface area contributed by atoms with Gasteiger partial charge < -0.3 is 14.2 Å². The van der Waals surface area contributed by atoms with E-state index in [1.807, 2.05) is 30.3 Å². The van der Waals surface area contributed by atoms with Crippen LogP contribution in [0.1, 0.15) is 12.0 Å². The van der Waals surface area contributed by atoms with Gasteiger partial charge in [0.1, 0.15) is 12.4 Å². The molecule has 1 aliphatic rings. The molecule has 0 amide bonds. The smallest absolute Gasteiger partial charge is 0.232 e. The Morgan fingerprint density at radius 3 is 2.65 bits per heavy atom. The second-order valence-electron chi connectivity index (χ2n) is 4.38. The van der Waals surface area contributed by atoms with Gasteiger partial charge >= 0.3 is 0 Å². The van der Waals surface area contributed by atoms with Crippen LogP contribution in [0.5, 0.6) is 5.75 Å². The Labute approximate surface area is 118 Å². The van der Waals surface area contributed by atoms with Gasteiger partial charge in [0, 0.05) is 6.08 Å². The van der Waals surface area contributed by atoms with Crippen molar-refractivity contribution in [2.24, 2.45) is 5.11 Å². The van der Waals surface area contributed by atoms with Crippen LogP contribution in [0.3, 0.4) is 0 Å². The molecule has 106 valence electrons. The number of allylic oxidation sites excluding steroid dienone is 2. The van der Waals surface area contributed by atoms with Crippen molar-refractivity contribution >= 4 is 0 Å². The van der Waals surface area contributed by atoms with Crippen molar-refractivity contribution in [1.29, 1.82) is 5.53 Å². The highest BCUT2D eigenvalue weighted by molar-refractivity contribution is 5.26. The van der Waals surface area contributed by atoms with E-state index in [9.17, 15) is 0 Å². The predicted octanol–water partition coefficient (Wildman–Crippen LogP) is 3.43. The molecule has 1 aliphatic heterocycles. The van der Waals surface area contributed by atoms with Crippen molar-refractivity contribution < 1.29 is 14.2 Å². The van der Waals surface area contributed by atoms with Gasteiger partial charge in [0.2, 0.25) is 5.88 Å². The fourth-order valence-electron chi connectivity index (χ4n) is 1.79. The first-order chi connectivity index (χ1) is 9.81. The third-order valence-electron chi connectivity index (χ3n) is 2.97. The fourth-order valence-corrected chi connectivity index (χ4v) is 1.79. The third kappa shape index (κ3) is 4.20. The van der Waals surface area contributed by atoms with Gasteiger partial charge in [-0.3, -0.25) is 0 Å². The maximum Gasteiger partial charge on any atom is 0.232 e. The van der Waals surface area contributed by atoms with Crippen molar-refractivity contribution in [1.82, 2.24) is 0 Å². The Kier molecular flexibility index (Phi) is 5.32. The number of rotatable bonds is 7. The van der Waals surface area contributed by atoms with E-state index in [1.54, 1.807) is 13.2 Å². The summed E-state index contributed by atoms with van der Waals surface area (Å²) in [6.45, 7) is 1.71. The monoisotopic (exact) mass is 274 g/mol. The third-order valence-corrected chi connectivity index (χ3v) is 2.97. The predicted molar refractivity (Wildman–Crippen MR) is 74.5 cm³/mol. The summed E-state index contributed by atoms with van der Waals surface area (Å²) in [5.74, 6) is 1.20. The summed E-state index contributed by atoms with van der Waals surface area (Å²) in [5.41, 5.74) is 9.09. The zero-order valence-corrected chi connectivity index (χ0v) is 11.5. The zero-order chi connectivity index (χ0) is 14.2. The molecule has 1 N–H and O–H groups in total. The molecule has 0 saturated heterocycles. The number of nitrogens with one attached hydrogen (secondary N) is 1. The minimum Gasteiger partial charge on any atom is -0.497 e. The minimum absolute atomic E-state index is 0.355. The number of hydrogen-bond acceptors (Lipinski definition) is 5. The first-order valence-corrected chi connectivity index (χ1v) is 6.42. The lowest BCUT2D eigenvalue weighted by Gasteiger charge is -2.13. The van der Waals surface area contributed by atoms with E-state index in [1.165, 1.54) is 0 Å². The summed E-state index contributed by atoms with van der Waals surface area (Å²) in [7, 11) is 1.65. The Bertz CT molecular complexity index is 506. The summed E-state index contributed by atoms with van der Waals surface area (Å²) < 4.78 is 16.0. The van der Waals surface area contributed by atoms with Crippen LogP contribution in [0, 0.1) is 5.53 Å². The topological polar surface area (TPSA) is 63.9 Å². The highest BCUT2D eigenvalue weighted by Crippen LogP contribution is 2.15. The molecule has 20 heavy (non-hydrogen) atoms. The highest BCUT2D eigenvalue weighted by atomic mass is 16.5. The molecule has 0 spiro atoms. The summed E-state index contributed by atoms with van der Waals surface area (Å²) in [5, 5.41) is 3.23. The Balaban J connectivity index is 1.70. The number of methoxy groups -OCH3 is 1. The number of hydrogen-bond donors (Lipinski definition) is 1. The number of ether oxygens (including phenoxy) is 3. The highest BCUT2D eigenvalue weighted by Gasteiger charge is 2.06. The molecule has 2 rings (SSSR count). The summed E-state index contributed by atoms with van der Waals surface area (Å²) in [6, 6.07) is 7.83. The van der Waals surface area contributed by atoms with E-state index in [-0.39, 0.29) is 0 Å². The van der Waals surface area contributed by atoms with Crippen molar-refractivity contribution in [3.8, 4) is 5.75 Å². The van der Waals surface area contributed by atoms with Gasteiger partial charge in [-0.25, -0.2) is 5.53 Å². The van der Waals surface area contributed by atoms with E-state index in [0.717, 1.165) is 23.3 Å². The van der Waals surface area contributed by atoms with Crippen molar-refractivity contribution in [2.45, 2.75) is 13.0 Å². The van der Waals surface area contributed by atoms with Gasteiger partial charge in [0.15, 0.2) is 0 Å². The maximum absolute atomic E-state index is 6.82. The second-order valence-corrected chi connectivity index (χ2v) is 4.38. The maximum atomic E-state index is 6.82. The standard InChI is InChI=1S/C15H18N2O3/c1-18-14-5-2-12(3-6-14)10-19-9-8-13-4-7-15(17-16)20-11-13/h2-7,16H,8-11H2,1H3. The molecule has 0 aliphatic carbocycles. The molecular formula is C15H18N2O3. The average Bonchev–Trinajstić information content (AvgIpc) is 2.53. The quantitative estimate of drug-likeness (QED) is 0.612. The summed E-state index contributed by atoms with van der Waals surface area (Å²) in [4.78, 5) is 0. The second kappa shape index (κ2) is 7.45. The van der Waals surface area contributed by atoms with Crippen LogP contribution in [0.2, 0.25) is 0 Å². The van der Waals surface area contributed by atoms with Crippen molar-refractivity contribution in [2.75, 3.05) is 20.3 Å². The lowest BCUT2D eigenvalue weighted by Crippen LogP contribution is -2.05. The van der Waals surface area contributed by atoms with Crippen LogP contribution < -0.4 is 4.74 Å². The van der Waals surface area contributed by atoms with Gasteiger partial charge in [-0.2, -0.15) is 0 Å². The lowest BCUT2D eigenvalue weighted by molar-refractivity contribution is 0.119. The van der Waals surface area contributed by atoms with E-state index in [4.69, 9.17) is 19.7 Å². The van der Waals surface area contributed by atoms with Crippen LogP contribution in [0.15, 0.2) is 53.0 Å². The number of benzene rings is 1. The molecule has 1 heterocycles. The normalized spacial score (nSPS) is 14.1. The Morgan fingerprint density at radius 1 is 1.25 bits per heavy atom. The Hall–Kier alpha value is -2.14. The Morgan fingerprint density at radius 2 is 2.05 bits per heavy atom. The fraction of sp³-hybridized carbons (Fsp3) is 0.333. The largest absolute Gasteiger partial charge is 0.497 e. The minimum atomic E-state index is 0.355. The van der Waals surface area contributed by atoms with Crippen LogP contribution in [-0.2, 0) is 16.1 Å². The van der Waals surface area contributed by atoms with E-state index in [0.29, 0.717) is 25.7 Å². The van der Waals surface area contributed by atoms with Crippen LogP contribution >= 0.6 is 0 Å². The molecule has 5 heteroatoms. The van der Waals surface area contributed by atoms with Crippen LogP contribution in [0.4, 0.5) is 0 Å². The van der Waals surface area contributed by atoms with Gasteiger partial charge in [0.05, 0.1) is 20.3 Å². The molecule has 0 radical (unpaired) electrons. The van der Waals surface area contributed by atoms with Gasteiger partial charge in [0.25, 0.3) is 0 Å². The van der Waals surface area contributed by atoms with Crippen LogP contribution in [-0.4, -0.2) is 20.3 Å². The molecule has 1 aromatic carbocycles. The SMILES string of the molecule is COc1ccc(COCCC2=CC=C(N=N)OC2)cc1. The molecule has 0 fully saturated rings. The van der Waals surface area contributed by atoms with Crippen LogP contribution in [0.25, 0.3) is 0 Å². The van der Waals surface area contributed by atoms with E-state index >= 15 is 0 Å². The molecule has 0 unspecified atom stereocenters. The van der Waals surface area contributed by atoms with Gasteiger partial charge in [-0.15, -0.1) is 5.11 Å². The molecule has 0 aromatic heterocycles. The van der Waals surface area contributed by atoms with Crippen molar-refractivity contribution in [3.63, 3.8) is 0 Å². The van der Waals surface area contributed by atoms with E-state index < -0.39 is 0 Å². The molecule has 0 bridgehead atoms. The van der Waals surface area contributed by atoms with E-state index in [2.05, 4.69) is 5.11 Å². The van der Waals surface area contributed by atoms with Gasteiger partial charge in [-0.1, -0.05) is 18.2 Å².